The van der Waals surface area contributed by atoms with E-state index in [2.05, 4.69) is 4.98 Å². The van der Waals surface area contributed by atoms with E-state index in [-0.39, 0.29) is 5.56 Å². The molecule has 0 amide bonds. The second kappa shape index (κ2) is 3.00. The van der Waals surface area contributed by atoms with Crippen molar-refractivity contribution in [2.75, 3.05) is 12.0 Å². The number of hydrogen-bond donors (Lipinski definition) is 2. The maximum atomic E-state index is 11.0. The van der Waals surface area contributed by atoms with E-state index in [1.54, 1.807) is 0 Å². The smallest absolute Gasteiger partial charge is 0.272 e. The minimum atomic E-state index is -0.200. The molecule has 0 aliphatic carbocycles. The second-order valence-electron chi connectivity index (χ2n) is 2.26. The first kappa shape index (κ1) is 8.20. The molecule has 0 spiro atoms. The van der Waals surface area contributed by atoms with Crippen molar-refractivity contribution in [2.24, 2.45) is 0 Å². The second-order valence-corrected chi connectivity index (χ2v) is 3.11. The van der Waals surface area contributed by atoms with Gasteiger partial charge in [0.25, 0.3) is 5.56 Å². The summed E-state index contributed by atoms with van der Waals surface area (Å²) in [5.74, 6) is 0. The third-order valence-electron chi connectivity index (χ3n) is 1.39. The van der Waals surface area contributed by atoms with Crippen molar-refractivity contribution >= 4 is 17.4 Å². The predicted octanol–water partition coefficient (Wildman–Crippen LogP) is 0.987. The number of anilines is 1. The summed E-state index contributed by atoms with van der Waals surface area (Å²) in [6.07, 6.45) is 1.89. The number of rotatable bonds is 1. The SMILES string of the molecule is CSc1cc(C)[nH]c(=O)c1N. The highest BCUT2D eigenvalue weighted by Crippen LogP contribution is 2.18. The Morgan fingerprint density at radius 3 is 2.82 bits per heavy atom. The van der Waals surface area contributed by atoms with Crippen LogP contribution in [0.15, 0.2) is 15.8 Å². The zero-order valence-corrected chi connectivity index (χ0v) is 7.29. The van der Waals surface area contributed by atoms with Crippen LogP contribution in [0.2, 0.25) is 0 Å². The van der Waals surface area contributed by atoms with Crippen LogP contribution < -0.4 is 11.3 Å². The number of hydrogen-bond acceptors (Lipinski definition) is 3. The first-order valence-corrected chi connectivity index (χ1v) is 4.41. The Kier molecular flexibility index (Phi) is 2.24. The number of nitrogens with one attached hydrogen (secondary N) is 1. The number of pyridine rings is 1. The minimum Gasteiger partial charge on any atom is -0.393 e. The van der Waals surface area contributed by atoms with Crippen molar-refractivity contribution in [3.63, 3.8) is 0 Å². The Morgan fingerprint density at radius 1 is 1.64 bits per heavy atom. The number of H-pyrrole nitrogens is 1. The minimum absolute atomic E-state index is 0.200. The third-order valence-corrected chi connectivity index (χ3v) is 2.17. The van der Waals surface area contributed by atoms with Gasteiger partial charge in [0.2, 0.25) is 0 Å². The molecule has 0 aromatic carbocycles. The molecule has 3 nitrogen and oxygen atoms in total. The van der Waals surface area contributed by atoms with E-state index in [1.807, 2.05) is 19.2 Å². The Morgan fingerprint density at radius 2 is 2.27 bits per heavy atom. The standard InChI is InChI=1S/C7H10N2OS/c1-4-3-5(11-2)6(8)7(10)9-4/h3H,8H2,1-2H3,(H,9,10). The van der Waals surface area contributed by atoms with Gasteiger partial charge >= 0.3 is 0 Å². The number of thioether (sulfide) groups is 1. The molecule has 11 heavy (non-hydrogen) atoms. The predicted molar refractivity (Wildman–Crippen MR) is 48.0 cm³/mol. The molecule has 0 radical (unpaired) electrons. The number of aromatic nitrogens is 1. The van der Waals surface area contributed by atoms with Gasteiger partial charge < -0.3 is 10.7 Å². The van der Waals surface area contributed by atoms with Crippen LogP contribution in [0.5, 0.6) is 0 Å². The Hall–Kier alpha value is -0.900. The van der Waals surface area contributed by atoms with E-state index < -0.39 is 0 Å². The topological polar surface area (TPSA) is 58.9 Å². The van der Waals surface area contributed by atoms with Gasteiger partial charge in [0, 0.05) is 10.6 Å². The summed E-state index contributed by atoms with van der Waals surface area (Å²) in [4.78, 5) is 14.5. The van der Waals surface area contributed by atoms with Gasteiger partial charge in [0.15, 0.2) is 0 Å². The molecule has 0 unspecified atom stereocenters. The van der Waals surface area contributed by atoms with Crippen LogP contribution in [0.4, 0.5) is 5.69 Å². The van der Waals surface area contributed by atoms with Crippen molar-refractivity contribution in [1.29, 1.82) is 0 Å². The Labute approximate surface area is 69.0 Å². The highest BCUT2D eigenvalue weighted by Gasteiger charge is 2.01. The summed E-state index contributed by atoms with van der Waals surface area (Å²) in [6.45, 7) is 1.83. The van der Waals surface area contributed by atoms with Crippen LogP contribution in [0.25, 0.3) is 0 Å². The number of nitrogen functional groups attached to an aromatic ring is 1. The molecule has 1 aromatic heterocycles. The monoisotopic (exact) mass is 170 g/mol. The molecule has 0 saturated heterocycles. The van der Waals surface area contributed by atoms with E-state index in [9.17, 15) is 4.79 Å². The summed E-state index contributed by atoms with van der Waals surface area (Å²) < 4.78 is 0. The molecule has 0 saturated carbocycles. The fourth-order valence-corrected chi connectivity index (χ4v) is 1.44. The highest BCUT2D eigenvalue weighted by atomic mass is 32.2. The van der Waals surface area contributed by atoms with Crippen molar-refractivity contribution in [2.45, 2.75) is 11.8 Å². The van der Waals surface area contributed by atoms with Gasteiger partial charge in [0.05, 0.1) is 0 Å². The van der Waals surface area contributed by atoms with Crippen LogP contribution in [-0.4, -0.2) is 11.2 Å². The lowest BCUT2D eigenvalue weighted by Crippen LogP contribution is -2.13. The van der Waals surface area contributed by atoms with Crippen LogP contribution >= 0.6 is 11.8 Å². The summed E-state index contributed by atoms with van der Waals surface area (Å²) in [5.41, 5.74) is 6.45. The summed E-state index contributed by atoms with van der Waals surface area (Å²) >= 11 is 1.48. The first-order valence-electron chi connectivity index (χ1n) is 3.18. The average molecular weight is 170 g/mol. The van der Waals surface area contributed by atoms with Crippen molar-refractivity contribution in [1.82, 2.24) is 4.98 Å². The van der Waals surface area contributed by atoms with E-state index >= 15 is 0 Å². The molecule has 0 aliphatic heterocycles. The van der Waals surface area contributed by atoms with Gasteiger partial charge in [-0.1, -0.05) is 0 Å². The van der Waals surface area contributed by atoms with E-state index in [1.165, 1.54) is 11.8 Å². The molecule has 60 valence electrons. The molecular formula is C7H10N2OS. The maximum Gasteiger partial charge on any atom is 0.272 e. The average Bonchev–Trinajstić information content (AvgIpc) is 1.96. The quantitative estimate of drug-likeness (QED) is 0.618. The zero-order chi connectivity index (χ0) is 8.43. The molecule has 3 N–H and O–H groups in total. The largest absolute Gasteiger partial charge is 0.393 e. The Bertz CT molecular complexity index is 319. The van der Waals surface area contributed by atoms with Crippen LogP contribution in [0, 0.1) is 6.92 Å². The number of aryl methyl sites for hydroxylation is 1. The summed E-state index contributed by atoms with van der Waals surface area (Å²) in [5, 5.41) is 0. The van der Waals surface area contributed by atoms with Gasteiger partial charge in [0.1, 0.15) is 5.69 Å². The molecule has 4 heteroatoms. The van der Waals surface area contributed by atoms with Crippen LogP contribution in [0.3, 0.4) is 0 Å². The molecule has 0 bridgehead atoms. The van der Waals surface area contributed by atoms with Gasteiger partial charge in [-0.2, -0.15) is 0 Å². The third kappa shape index (κ3) is 1.57. The fraction of sp³-hybridized carbons (Fsp3) is 0.286. The normalized spacial score (nSPS) is 10.0. The lowest BCUT2D eigenvalue weighted by molar-refractivity contribution is 1.11. The van der Waals surface area contributed by atoms with Gasteiger partial charge in [-0.15, -0.1) is 11.8 Å². The van der Waals surface area contributed by atoms with Crippen molar-refractivity contribution in [3.8, 4) is 0 Å². The molecule has 1 rings (SSSR count). The Balaban J connectivity index is 3.36. The highest BCUT2D eigenvalue weighted by molar-refractivity contribution is 7.98. The lowest BCUT2D eigenvalue weighted by Gasteiger charge is -2.01. The van der Waals surface area contributed by atoms with Crippen LogP contribution in [-0.2, 0) is 0 Å². The molecule has 0 atom stereocenters. The van der Waals surface area contributed by atoms with Crippen molar-refractivity contribution in [3.05, 3.63) is 22.1 Å². The number of aromatic amines is 1. The molecule has 0 aliphatic rings. The fourth-order valence-electron chi connectivity index (χ4n) is 0.838. The van der Waals surface area contributed by atoms with E-state index in [4.69, 9.17) is 5.73 Å². The van der Waals surface area contributed by atoms with Gasteiger partial charge in [-0.3, -0.25) is 4.79 Å². The van der Waals surface area contributed by atoms with E-state index in [0.29, 0.717) is 5.69 Å². The molecule has 0 fully saturated rings. The van der Waals surface area contributed by atoms with Crippen molar-refractivity contribution < 1.29 is 0 Å². The molecule has 1 aromatic rings. The van der Waals surface area contributed by atoms with Crippen LogP contribution in [0.1, 0.15) is 5.69 Å². The maximum absolute atomic E-state index is 11.0. The summed E-state index contributed by atoms with van der Waals surface area (Å²) in [6, 6.07) is 1.86. The summed E-state index contributed by atoms with van der Waals surface area (Å²) in [7, 11) is 0. The lowest BCUT2D eigenvalue weighted by atomic mass is 10.3. The molecular weight excluding hydrogens is 160 g/mol. The zero-order valence-electron chi connectivity index (χ0n) is 6.47. The number of nitrogens with two attached hydrogens (primary N) is 1. The van der Waals surface area contributed by atoms with Gasteiger partial charge in [-0.05, 0) is 19.2 Å². The van der Waals surface area contributed by atoms with Gasteiger partial charge in [-0.25, -0.2) is 0 Å². The molecule has 1 heterocycles. The first-order chi connectivity index (χ1) is 5.15. The van der Waals surface area contributed by atoms with E-state index in [0.717, 1.165) is 10.6 Å².